The van der Waals surface area contributed by atoms with E-state index in [1.165, 1.54) is 6.33 Å². The number of aliphatic hydroxyl groups is 2. The van der Waals surface area contributed by atoms with E-state index in [-0.39, 0.29) is 46.9 Å². The fourth-order valence-electron chi connectivity index (χ4n) is 7.32. The third-order valence-corrected chi connectivity index (χ3v) is 10.5. The zero-order valence-electron chi connectivity index (χ0n) is 31.1. The first-order valence-corrected chi connectivity index (χ1v) is 18.9. The highest BCUT2D eigenvalue weighted by Gasteiger charge is 2.36. The van der Waals surface area contributed by atoms with Crippen molar-refractivity contribution >= 4 is 51.3 Å². The molecule has 57 heavy (non-hydrogen) atoms. The first-order chi connectivity index (χ1) is 27.1. The van der Waals surface area contributed by atoms with E-state index < -0.39 is 18.4 Å². The number of aliphatic hydroxyl groups excluding tert-OH is 2. The number of ether oxygens (including phenoxy) is 2. The molecule has 2 aromatic carbocycles. The van der Waals surface area contributed by atoms with Gasteiger partial charge in [0.15, 0.2) is 33.9 Å². The minimum Gasteiger partial charge on any atom is -0.394 e. The fourth-order valence-corrected chi connectivity index (χ4v) is 7.66. The molecule has 9 rings (SSSR count). The van der Waals surface area contributed by atoms with Crippen LogP contribution in [-0.4, -0.2) is 78.7 Å². The summed E-state index contributed by atoms with van der Waals surface area (Å²) in [5, 5.41) is 18.9. The molecule has 2 saturated heterocycles. The van der Waals surface area contributed by atoms with Crippen molar-refractivity contribution in [3.8, 4) is 28.1 Å². The minimum atomic E-state index is -0.734. The fraction of sp³-hybridized carbons (Fsp3) is 0.308. The molecule has 0 amide bonds. The molecule has 6 atom stereocenters. The van der Waals surface area contributed by atoms with E-state index in [0.29, 0.717) is 51.6 Å². The Morgan fingerprint density at radius 1 is 0.789 bits per heavy atom. The standard InChI is InChI=1S/C29H26ClN5O2.C10H12ClN5O3.H3N/c1-3-23-18(2)14-24(37-23)35-17-31-25-27(32-29(30)33-28(25)35)34-15-21(19-10-6-4-7-11-19)26(36)22(16-34)20-12-8-5-9-13-20;11-10-14-8(12)7-9(15-10)16(3-13-7)6-1-4(18)5(2-17)19-6;/h4-13,15-18,23-24H,3,14H2,1-2H3;3-6,17-18H,1-2H2,(H2,12,14,15);1H3/t18?,23-,24?;4?,5-,6?;/m11./s1. The molecule has 16 nitrogen and oxygen atoms in total. The van der Waals surface area contributed by atoms with Crippen LogP contribution < -0.4 is 17.3 Å². The van der Waals surface area contributed by atoms with Gasteiger partial charge in [-0.1, -0.05) is 74.5 Å². The van der Waals surface area contributed by atoms with Gasteiger partial charge in [-0.05, 0) is 53.1 Å². The molecule has 7 heterocycles. The van der Waals surface area contributed by atoms with E-state index in [1.54, 1.807) is 23.3 Å². The van der Waals surface area contributed by atoms with Gasteiger partial charge in [-0.25, -0.2) is 9.97 Å². The summed E-state index contributed by atoms with van der Waals surface area (Å²) in [4.78, 5) is 39.4. The van der Waals surface area contributed by atoms with E-state index in [0.717, 1.165) is 24.0 Å². The Labute approximate surface area is 336 Å². The molecule has 2 aliphatic heterocycles. The summed E-state index contributed by atoms with van der Waals surface area (Å²) in [6.45, 7) is 4.09. The van der Waals surface area contributed by atoms with Crippen LogP contribution in [0.2, 0.25) is 10.6 Å². The summed E-state index contributed by atoms with van der Waals surface area (Å²) in [6, 6.07) is 19.2. The Hall–Kier alpha value is -5.33. The Morgan fingerprint density at radius 2 is 1.32 bits per heavy atom. The van der Waals surface area contributed by atoms with Gasteiger partial charge in [-0.2, -0.15) is 19.9 Å². The molecule has 7 aromatic rings. The lowest BCUT2D eigenvalue weighted by atomic mass is 10.0. The van der Waals surface area contributed by atoms with Crippen LogP contribution in [0.4, 0.5) is 5.82 Å². The summed E-state index contributed by atoms with van der Waals surface area (Å²) in [5.74, 6) is 1.12. The van der Waals surface area contributed by atoms with E-state index in [1.807, 2.05) is 69.8 Å². The molecular formula is C39H41Cl2N11O5. The highest BCUT2D eigenvalue weighted by Crippen LogP contribution is 2.37. The number of hydrogen-bond acceptors (Lipinski definition) is 13. The van der Waals surface area contributed by atoms with Crippen molar-refractivity contribution in [3.05, 3.63) is 107 Å². The molecule has 5 aromatic heterocycles. The van der Waals surface area contributed by atoms with Crippen molar-refractivity contribution in [3.63, 3.8) is 0 Å². The lowest BCUT2D eigenvalue weighted by molar-refractivity contribution is -0.0432. The van der Waals surface area contributed by atoms with E-state index in [2.05, 4.69) is 43.8 Å². The number of nitrogens with zero attached hydrogens (tertiary/aromatic N) is 9. The number of benzene rings is 2. The van der Waals surface area contributed by atoms with Crippen LogP contribution in [0.5, 0.6) is 0 Å². The van der Waals surface area contributed by atoms with Crippen molar-refractivity contribution in [2.45, 2.75) is 63.9 Å². The number of pyridine rings is 1. The number of aromatic nitrogens is 9. The highest BCUT2D eigenvalue weighted by molar-refractivity contribution is 6.29. The Kier molecular flexibility index (Phi) is 11.6. The third-order valence-electron chi connectivity index (χ3n) is 10.2. The topological polar surface area (TPSA) is 229 Å². The quantitative estimate of drug-likeness (QED) is 0.132. The Morgan fingerprint density at radius 3 is 1.86 bits per heavy atom. The van der Waals surface area contributed by atoms with Gasteiger partial charge in [0.25, 0.3) is 0 Å². The lowest BCUT2D eigenvalue weighted by Gasteiger charge is -2.15. The molecule has 0 spiro atoms. The Bertz CT molecular complexity index is 2510. The summed E-state index contributed by atoms with van der Waals surface area (Å²) >= 11 is 12.2. The predicted molar refractivity (Wildman–Crippen MR) is 216 cm³/mol. The molecule has 296 valence electrons. The molecule has 4 unspecified atom stereocenters. The summed E-state index contributed by atoms with van der Waals surface area (Å²) in [7, 11) is 0. The first kappa shape index (κ1) is 39.9. The van der Waals surface area contributed by atoms with Gasteiger partial charge in [0, 0.05) is 29.9 Å². The number of nitrogens with two attached hydrogens (primary N) is 1. The SMILES string of the molecule is CC[C@H]1OC(n2cnc3c(-n4cc(-c5ccccc5)c(=O)c(-c5ccccc5)c4)nc(Cl)nc32)CC1C.N.Nc1nc(Cl)nc2c1ncn2C1CC(O)[C@@H](CO)O1. The largest absolute Gasteiger partial charge is 0.394 e. The number of halogens is 2. The van der Waals surface area contributed by atoms with Crippen LogP contribution in [0.15, 0.2) is 90.5 Å². The van der Waals surface area contributed by atoms with Crippen LogP contribution >= 0.6 is 23.2 Å². The molecule has 0 aliphatic carbocycles. The van der Waals surface area contributed by atoms with Gasteiger partial charge >= 0.3 is 0 Å². The van der Waals surface area contributed by atoms with Crippen molar-refractivity contribution < 1.29 is 19.7 Å². The zero-order valence-corrected chi connectivity index (χ0v) is 32.6. The van der Waals surface area contributed by atoms with E-state index in [9.17, 15) is 9.90 Å². The van der Waals surface area contributed by atoms with Gasteiger partial charge in [-0.15, -0.1) is 0 Å². The molecule has 7 N–H and O–H groups in total. The highest BCUT2D eigenvalue weighted by atomic mass is 35.5. The number of anilines is 1. The zero-order chi connectivity index (χ0) is 39.1. The van der Waals surface area contributed by atoms with E-state index >= 15 is 0 Å². The summed E-state index contributed by atoms with van der Waals surface area (Å²) in [5.41, 5.74) is 10.5. The first-order valence-electron chi connectivity index (χ1n) is 18.2. The number of fused-ring (bicyclic) bond motifs is 2. The van der Waals surface area contributed by atoms with Crippen molar-refractivity contribution in [2.75, 3.05) is 12.3 Å². The number of imidazole rings is 2. The maximum atomic E-state index is 13.6. The monoisotopic (exact) mass is 813 g/mol. The molecule has 0 saturated carbocycles. The second-order valence-corrected chi connectivity index (χ2v) is 14.4. The van der Waals surface area contributed by atoms with Gasteiger partial charge in [0.2, 0.25) is 10.6 Å². The summed E-state index contributed by atoms with van der Waals surface area (Å²) in [6.07, 6.45) is 7.20. The smallest absolute Gasteiger partial charge is 0.226 e. The maximum Gasteiger partial charge on any atom is 0.226 e. The molecule has 0 bridgehead atoms. The van der Waals surface area contributed by atoms with Crippen LogP contribution in [-0.2, 0) is 9.47 Å². The molecule has 2 aliphatic rings. The van der Waals surface area contributed by atoms with Crippen LogP contribution in [0, 0.1) is 5.92 Å². The van der Waals surface area contributed by atoms with Crippen molar-refractivity contribution in [1.82, 2.24) is 49.8 Å². The molecule has 0 radical (unpaired) electrons. The lowest BCUT2D eigenvalue weighted by Crippen LogP contribution is -2.24. The molecule has 18 heteroatoms. The van der Waals surface area contributed by atoms with Crippen molar-refractivity contribution in [1.29, 1.82) is 0 Å². The number of nitrogen functional groups attached to an aromatic ring is 1. The third kappa shape index (κ3) is 7.72. The second-order valence-electron chi connectivity index (χ2n) is 13.8. The predicted octanol–water partition coefficient (Wildman–Crippen LogP) is 6.16. The van der Waals surface area contributed by atoms with Gasteiger partial charge < -0.3 is 36.1 Å². The number of rotatable bonds is 7. The normalized spacial score (nSPS) is 21.7. The van der Waals surface area contributed by atoms with Crippen LogP contribution in [0.1, 0.15) is 45.6 Å². The van der Waals surface area contributed by atoms with Crippen LogP contribution in [0.3, 0.4) is 0 Å². The average Bonchev–Trinajstić information content (AvgIpc) is 4.00. The van der Waals surface area contributed by atoms with Crippen molar-refractivity contribution in [2.24, 2.45) is 5.92 Å². The average molecular weight is 815 g/mol. The second kappa shape index (κ2) is 16.6. The van der Waals surface area contributed by atoms with E-state index in [4.69, 9.17) is 43.5 Å². The van der Waals surface area contributed by atoms with Gasteiger partial charge in [-0.3, -0.25) is 13.9 Å². The number of hydrogen-bond donors (Lipinski definition) is 4. The van der Waals surface area contributed by atoms with Gasteiger partial charge in [0.1, 0.15) is 24.1 Å². The van der Waals surface area contributed by atoms with Gasteiger partial charge in [0.05, 0.1) is 31.5 Å². The molecule has 2 fully saturated rings. The minimum absolute atomic E-state index is 0. The Balaban J connectivity index is 0.000000209. The molecular weight excluding hydrogens is 773 g/mol. The summed E-state index contributed by atoms with van der Waals surface area (Å²) < 4.78 is 17.2. The van der Waals surface area contributed by atoms with Crippen LogP contribution in [0.25, 0.3) is 50.4 Å². The maximum absolute atomic E-state index is 13.6.